The molecule has 1 atom stereocenters. The Hall–Kier alpha value is -1.84. The van der Waals surface area contributed by atoms with Gasteiger partial charge in [-0.25, -0.2) is 0 Å². The summed E-state index contributed by atoms with van der Waals surface area (Å²) in [6, 6.07) is 7.08. The third kappa shape index (κ3) is 2.09. The Morgan fingerprint density at radius 1 is 1.25 bits per heavy atom. The van der Waals surface area contributed by atoms with Crippen LogP contribution in [0.2, 0.25) is 0 Å². The molecule has 1 aromatic carbocycles. The Morgan fingerprint density at radius 2 is 1.85 bits per heavy atom. The van der Waals surface area contributed by atoms with E-state index in [4.69, 9.17) is 5.73 Å². The lowest BCUT2D eigenvalue weighted by molar-refractivity contribution is -0.144. The van der Waals surface area contributed by atoms with Crippen LogP contribution < -0.4 is 5.73 Å². The number of hydrogen-bond acceptors (Lipinski definition) is 3. The van der Waals surface area contributed by atoms with Gasteiger partial charge in [-0.2, -0.15) is 0 Å². The Balaban J connectivity index is 2.36. The lowest BCUT2D eigenvalue weighted by Crippen LogP contribution is -2.37. The monoisotopic (exact) mass is 274 g/mol. The molecule has 1 aliphatic rings. The number of amides is 2. The van der Waals surface area contributed by atoms with Crippen molar-refractivity contribution in [2.24, 2.45) is 5.41 Å². The standard InChI is InChI=1S/C16H22N2O2/c1-4-16(5-2)10-14(19)18(15(16)20)11(3)12-8-6-7-9-13(12)17/h6-9,11H,4-5,10,17H2,1-3H3. The molecule has 1 heterocycles. The maximum atomic E-state index is 12.7. The highest BCUT2D eigenvalue weighted by Gasteiger charge is 2.50. The Morgan fingerprint density at radius 3 is 2.35 bits per heavy atom. The predicted octanol–water partition coefficient (Wildman–Crippen LogP) is 2.90. The quantitative estimate of drug-likeness (QED) is 0.678. The van der Waals surface area contributed by atoms with Crippen LogP contribution in [0.5, 0.6) is 0 Å². The molecular formula is C16H22N2O2. The second kappa shape index (κ2) is 5.27. The van der Waals surface area contributed by atoms with Crippen LogP contribution >= 0.6 is 0 Å². The zero-order chi connectivity index (χ0) is 14.9. The van der Waals surface area contributed by atoms with E-state index in [1.54, 1.807) is 6.07 Å². The third-order valence-electron chi connectivity index (χ3n) is 4.62. The van der Waals surface area contributed by atoms with Crippen molar-refractivity contribution >= 4 is 17.5 Å². The van der Waals surface area contributed by atoms with E-state index in [-0.39, 0.29) is 17.9 Å². The van der Waals surface area contributed by atoms with Gasteiger partial charge in [0.25, 0.3) is 0 Å². The van der Waals surface area contributed by atoms with Crippen molar-refractivity contribution in [3.05, 3.63) is 29.8 Å². The van der Waals surface area contributed by atoms with Gasteiger partial charge >= 0.3 is 0 Å². The van der Waals surface area contributed by atoms with Crippen molar-refractivity contribution in [3.8, 4) is 0 Å². The molecule has 20 heavy (non-hydrogen) atoms. The van der Waals surface area contributed by atoms with E-state index in [1.807, 2.05) is 39.0 Å². The zero-order valence-electron chi connectivity index (χ0n) is 12.3. The smallest absolute Gasteiger partial charge is 0.236 e. The Kier molecular flexibility index (Phi) is 3.84. The van der Waals surface area contributed by atoms with Crippen LogP contribution in [-0.2, 0) is 9.59 Å². The van der Waals surface area contributed by atoms with Crippen LogP contribution in [0.25, 0.3) is 0 Å². The molecule has 2 amide bonds. The van der Waals surface area contributed by atoms with Crippen molar-refractivity contribution in [2.75, 3.05) is 5.73 Å². The Bertz CT molecular complexity index is 535. The van der Waals surface area contributed by atoms with Gasteiger partial charge < -0.3 is 5.73 Å². The van der Waals surface area contributed by atoms with Gasteiger partial charge in [0.1, 0.15) is 0 Å². The number of anilines is 1. The average Bonchev–Trinajstić information content (AvgIpc) is 2.70. The summed E-state index contributed by atoms with van der Waals surface area (Å²) in [7, 11) is 0. The molecule has 2 rings (SSSR count). The molecule has 108 valence electrons. The molecule has 0 radical (unpaired) electrons. The largest absolute Gasteiger partial charge is 0.398 e. The maximum Gasteiger partial charge on any atom is 0.236 e. The molecule has 0 bridgehead atoms. The van der Waals surface area contributed by atoms with E-state index in [1.165, 1.54) is 4.90 Å². The van der Waals surface area contributed by atoms with E-state index in [9.17, 15) is 9.59 Å². The minimum atomic E-state index is -0.519. The van der Waals surface area contributed by atoms with E-state index < -0.39 is 5.41 Å². The fourth-order valence-corrected chi connectivity index (χ4v) is 3.04. The topological polar surface area (TPSA) is 63.4 Å². The fraction of sp³-hybridized carbons (Fsp3) is 0.500. The molecule has 0 aromatic heterocycles. The van der Waals surface area contributed by atoms with Crippen LogP contribution in [-0.4, -0.2) is 16.7 Å². The van der Waals surface area contributed by atoms with Gasteiger partial charge in [0.2, 0.25) is 11.8 Å². The van der Waals surface area contributed by atoms with Crippen LogP contribution in [0.4, 0.5) is 5.69 Å². The zero-order valence-corrected chi connectivity index (χ0v) is 12.3. The van der Waals surface area contributed by atoms with Crippen molar-refractivity contribution < 1.29 is 9.59 Å². The number of nitrogen functional groups attached to an aromatic ring is 1. The van der Waals surface area contributed by atoms with Gasteiger partial charge in [0.15, 0.2) is 0 Å². The number of nitrogens with zero attached hydrogens (tertiary/aromatic N) is 1. The van der Waals surface area contributed by atoms with Crippen molar-refractivity contribution in [2.45, 2.75) is 46.1 Å². The third-order valence-corrected chi connectivity index (χ3v) is 4.62. The number of carbonyl (C=O) groups excluding carboxylic acids is 2. The molecule has 0 saturated carbocycles. The minimum Gasteiger partial charge on any atom is -0.398 e. The van der Waals surface area contributed by atoms with E-state index >= 15 is 0 Å². The number of para-hydroxylation sites is 1. The fourth-order valence-electron chi connectivity index (χ4n) is 3.04. The number of rotatable bonds is 4. The molecule has 1 saturated heterocycles. The molecule has 1 aromatic rings. The van der Waals surface area contributed by atoms with Crippen LogP contribution in [0.1, 0.15) is 51.6 Å². The molecule has 1 aliphatic heterocycles. The summed E-state index contributed by atoms with van der Waals surface area (Å²) >= 11 is 0. The van der Waals surface area contributed by atoms with E-state index in [2.05, 4.69) is 0 Å². The number of nitrogens with two attached hydrogens (primary N) is 1. The summed E-state index contributed by atoms with van der Waals surface area (Å²) in [6.07, 6.45) is 1.71. The number of hydrogen-bond donors (Lipinski definition) is 1. The van der Waals surface area contributed by atoms with Gasteiger partial charge in [0, 0.05) is 12.1 Å². The van der Waals surface area contributed by atoms with Crippen LogP contribution in [0, 0.1) is 5.41 Å². The van der Waals surface area contributed by atoms with Crippen LogP contribution in [0.15, 0.2) is 24.3 Å². The molecule has 1 unspecified atom stereocenters. The summed E-state index contributed by atoms with van der Waals surface area (Å²) in [5.74, 6) is -0.141. The molecule has 4 heteroatoms. The molecular weight excluding hydrogens is 252 g/mol. The van der Waals surface area contributed by atoms with Gasteiger partial charge in [-0.05, 0) is 31.4 Å². The summed E-state index contributed by atoms with van der Waals surface area (Å²) < 4.78 is 0. The summed E-state index contributed by atoms with van der Waals surface area (Å²) in [6.45, 7) is 5.81. The summed E-state index contributed by atoms with van der Waals surface area (Å²) in [4.78, 5) is 26.4. The molecule has 1 fully saturated rings. The Labute approximate surface area is 119 Å². The number of benzene rings is 1. The first-order valence-corrected chi connectivity index (χ1v) is 7.17. The highest BCUT2D eigenvalue weighted by atomic mass is 16.2. The van der Waals surface area contributed by atoms with Crippen molar-refractivity contribution in [1.29, 1.82) is 0 Å². The SMILES string of the molecule is CCC1(CC)CC(=O)N(C(C)c2ccccc2N)C1=O. The van der Waals surface area contributed by atoms with Crippen LogP contribution in [0.3, 0.4) is 0 Å². The highest BCUT2D eigenvalue weighted by Crippen LogP contribution is 2.43. The van der Waals surface area contributed by atoms with Gasteiger partial charge in [0.05, 0.1) is 11.5 Å². The second-order valence-electron chi connectivity index (χ2n) is 5.54. The molecule has 0 aliphatic carbocycles. The van der Waals surface area contributed by atoms with Crippen molar-refractivity contribution in [1.82, 2.24) is 4.90 Å². The lowest BCUT2D eigenvalue weighted by atomic mass is 9.81. The predicted molar refractivity (Wildman–Crippen MR) is 78.8 cm³/mol. The number of imide groups is 1. The number of likely N-dealkylation sites (tertiary alicyclic amines) is 1. The highest BCUT2D eigenvalue weighted by molar-refractivity contribution is 6.06. The van der Waals surface area contributed by atoms with Crippen molar-refractivity contribution in [3.63, 3.8) is 0 Å². The average molecular weight is 274 g/mol. The number of carbonyl (C=O) groups is 2. The second-order valence-corrected chi connectivity index (χ2v) is 5.54. The van der Waals surface area contributed by atoms with Gasteiger partial charge in [-0.15, -0.1) is 0 Å². The minimum absolute atomic E-state index is 0.0525. The molecule has 4 nitrogen and oxygen atoms in total. The van der Waals surface area contributed by atoms with Gasteiger partial charge in [-0.3, -0.25) is 14.5 Å². The molecule has 2 N–H and O–H groups in total. The molecule has 0 spiro atoms. The maximum absolute atomic E-state index is 12.7. The van der Waals surface area contributed by atoms with E-state index in [0.717, 1.165) is 5.56 Å². The normalized spacial score (nSPS) is 19.4. The first kappa shape index (κ1) is 14.6. The first-order valence-electron chi connectivity index (χ1n) is 7.17. The lowest BCUT2D eigenvalue weighted by Gasteiger charge is -2.28. The first-order chi connectivity index (χ1) is 9.46. The van der Waals surface area contributed by atoms with Gasteiger partial charge in [-0.1, -0.05) is 32.0 Å². The summed E-state index contributed by atoms with van der Waals surface area (Å²) in [5.41, 5.74) is 6.89. The van der Waals surface area contributed by atoms with E-state index in [0.29, 0.717) is 24.9 Å². The summed E-state index contributed by atoms with van der Waals surface area (Å²) in [5, 5.41) is 0.